The Labute approximate surface area is 103 Å². The summed E-state index contributed by atoms with van der Waals surface area (Å²) in [5.41, 5.74) is 1.03. The van der Waals surface area contributed by atoms with Gasteiger partial charge in [0.1, 0.15) is 15.6 Å². The number of sulfone groups is 1. The van der Waals surface area contributed by atoms with Gasteiger partial charge in [-0.1, -0.05) is 18.2 Å². The second-order valence-electron chi connectivity index (χ2n) is 4.05. The highest BCUT2D eigenvalue weighted by Gasteiger charge is 2.10. The first-order valence-electron chi connectivity index (χ1n) is 5.48. The fraction of sp³-hybridized carbons (Fsp3) is 0.500. The minimum Gasteiger partial charge on any atom is -0.496 e. The van der Waals surface area contributed by atoms with E-state index in [4.69, 9.17) is 4.74 Å². The molecule has 0 saturated heterocycles. The molecule has 0 aliphatic rings. The highest BCUT2D eigenvalue weighted by Crippen LogP contribution is 2.23. The van der Waals surface area contributed by atoms with Crippen molar-refractivity contribution >= 4 is 9.84 Å². The number of ether oxygens (including phenoxy) is 1. The number of hydrogen-bond donors (Lipinski definition) is 1. The van der Waals surface area contributed by atoms with Crippen molar-refractivity contribution < 1.29 is 13.2 Å². The van der Waals surface area contributed by atoms with Crippen molar-refractivity contribution in [2.24, 2.45) is 0 Å². The van der Waals surface area contributed by atoms with E-state index in [1.807, 2.05) is 31.2 Å². The van der Waals surface area contributed by atoms with Crippen LogP contribution in [0, 0.1) is 0 Å². The van der Waals surface area contributed by atoms with Gasteiger partial charge in [-0.15, -0.1) is 0 Å². The van der Waals surface area contributed by atoms with Gasteiger partial charge in [-0.2, -0.15) is 0 Å². The lowest BCUT2D eigenvalue weighted by atomic mass is 10.1. The van der Waals surface area contributed by atoms with Crippen LogP contribution in [0.3, 0.4) is 0 Å². The van der Waals surface area contributed by atoms with Gasteiger partial charge in [0.2, 0.25) is 0 Å². The lowest BCUT2D eigenvalue weighted by molar-refractivity contribution is 0.402. The average Bonchev–Trinajstić information content (AvgIpc) is 2.27. The Morgan fingerprint density at radius 2 is 2.00 bits per heavy atom. The van der Waals surface area contributed by atoms with Crippen LogP contribution in [0.4, 0.5) is 0 Å². The molecule has 0 spiro atoms. The molecule has 5 heteroatoms. The Bertz CT molecular complexity index is 457. The molecule has 1 atom stereocenters. The lowest BCUT2D eigenvalue weighted by Crippen LogP contribution is -2.25. The van der Waals surface area contributed by atoms with Gasteiger partial charge < -0.3 is 10.1 Å². The summed E-state index contributed by atoms with van der Waals surface area (Å²) in [6.45, 7) is 2.43. The van der Waals surface area contributed by atoms with Crippen LogP contribution in [0.5, 0.6) is 5.75 Å². The zero-order valence-corrected chi connectivity index (χ0v) is 11.3. The fourth-order valence-corrected chi connectivity index (χ4v) is 2.08. The molecule has 0 aromatic heterocycles. The molecular weight excluding hydrogens is 238 g/mol. The van der Waals surface area contributed by atoms with Crippen LogP contribution in [0.1, 0.15) is 18.5 Å². The molecule has 96 valence electrons. The maximum Gasteiger partial charge on any atom is 0.148 e. The zero-order chi connectivity index (χ0) is 12.9. The van der Waals surface area contributed by atoms with Gasteiger partial charge in [-0.25, -0.2) is 8.42 Å². The molecule has 1 aromatic carbocycles. The third-order valence-electron chi connectivity index (χ3n) is 2.53. The van der Waals surface area contributed by atoms with Crippen molar-refractivity contribution in [3.63, 3.8) is 0 Å². The molecule has 0 aliphatic carbocycles. The predicted molar refractivity (Wildman–Crippen MR) is 69.1 cm³/mol. The van der Waals surface area contributed by atoms with Gasteiger partial charge in [0, 0.05) is 24.4 Å². The SMILES string of the molecule is COc1ccccc1[C@H](C)NCCS(C)(=O)=O. The van der Waals surface area contributed by atoms with E-state index >= 15 is 0 Å². The number of methoxy groups -OCH3 is 1. The normalized spacial score (nSPS) is 13.4. The smallest absolute Gasteiger partial charge is 0.148 e. The molecule has 17 heavy (non-hydrogen) atoms. The molecule has 1 rings (SSSR count). The van der Waals surface area contributed by atoms with Crippen LogP contribution in [0.25, 0.3) is 0 Å². The predicted octanol–water partition coefficient (Wildman–Crippen LogP) is 1.39. The highest BCUT2D eigenvalue weighted by atomic mass is 32.2. The summed E-state index contributed by atoms with van der Waals surface area (Å²) in [7, 11) is -1.28. The summed E-state index contributed by atoms with van der Waals surface area (Å²) in [4.78, 5) is 0. The van der Waals surface area contributed by atoms with Crippen LogP contribution in [-0.4, -0.2) is 34.1 Å². The Morgan fingerprint density at radius 3 is 2.59 bits per heavy atom. The maximum atomic E-state index is 11.0. The van der Waals surface area contributed by atoms with E-state index in [0.717, 1.165) is 11.3 Å². The molecule has 0 saturated carbocycles. The first-order valence-corrected chi connectivity index (χ1v) is 7.54. The molecule has 0 radical (unpaired) electrons. The van der Waals surface area contributed by atoms with Crippen LogP contribution in [0.2, 0.25) is 0 Å². The summed E-state index contributed by atoms with van der Waals surface area (Å²) in [6, 6.07) is 7.77. The van der Waals surface area contributed by atoms with Crippen LogP contribution in [0.15, 0.2) is 24.3 Å². The minimum absolute atomic E-state index is 0.0629. The molecular formula is C12H19NO3S. The van der Waals surface area contributed by atoms with E-state index in [-0.39, 0.29) is 11.8 Å². The first kappa shape index (κ1) is 14.0. The number of nitrogens with one attached hydrogen (secondary N) is 1. The van der Waals surface area contributed by atoms with Crippen LogP contribution in [-0.2, 0) is 9.84 Å². The van der Waals surface area contributed by atoms with Crippen LogP contribution >= 0.6 is 0 Å². The lowest BCUT2D eigenvalue weighted by Gasteiger charge is -2.16. The van der Waals surface area contributed by atoms with Crippen molar-refractivity contribution in [3.05, 3.63) is 29.8 Å². The van der Waals surface area contributed by atoms with Gasteiger partial charge in [0.15, 0.2) is 0 Å². The number of para-hydroxylation sites is 1. The van der Waals surface area contributed by atoms with Gasteiger partial charge in [-0.05, 0) is 13.0 Å². The van der Waals surface area contributed by atoms with Crippen LogP contribution < -0.4 is 10.1 Å². The Hall–Kier alpha value is -1.07. The quantitative estimate of drug-likeness (QED) is 0.836. The largest absolute Gasteiger partial charge is 0.496 e. The number of benzene rings is 1. The minimum atomic E-state index is -2.91. The average molecular weight is 257 g/mol. The second-order valence-corrected chi connectivity index (χ2v) is 6.31. The summed E-state index contributed by atoms with van der Waals surface area (Å²) in [5.74, 6) is 0.957. The molecule has 0 bridgehead atoms. The zero-order valence-electron chi connectivity index (χ0n) is 10.4. The summed E-state index contributed by atoms with van der Waals surface area (Å²) < 4.78 is 27.3. The van der Waals surface area contributed by atoms with E-state index in [9.17, 15) is 8.42 Å². The van der Waals surface area contributed by atoms with Crippen molar-refractivity contribution in [2.75, 3.05) is 25.7 Å². The van der Waals surface area contributed by atoms with Crippen molar-refractivity contribution in [3.8, 4) is 5.75 Å². The maximum absolute atomic E-state index is 11.0. The topological polar surface area (TPSA) is 55.4 Å². The molecule has 1 N–H and O–H groups in total. The monoisotopic (exact) mass is 257 g/mol. The van der Waals surface area contributed by atoms with E-state index in [2.05, 4.69) is 5.32 Å². The van der Waals surface area contributed by atoms with Gasteiger partial charge in [-0.3, -0.25) is 0 Å². The van der Waals surface area contributed by atoms with E-state index < -0.39 is 9.84 Å². The summed E-state index contributed by atoms with van der Waals surface area (Å²) in [6.07, 6.45) is 1.24. The third-order valence-corrected chi connectivity index (χ3v) is 3.47. The Morgan fingerprint density at radius 1 is 1.35 bits per heavy atom. The molecule has 1 aromatic rings. The van der Waals surface area contributed by atoms with Gasteiger partial charge in [0.25, 0.3) is 0 Å². The number of rotatable bonds is 6. The molecule has 0 amide bonds. The highest BCUT2D eigenvalue weighted by molar-refractivity contribution is 7.90. The molecule has 4 nitrogen and oxygen atoms in total. The van der Waals surface area contributed by atoms with Crippen molar-refractivity contribution in [2.45, 2.75) is 13.0 Å². The van der Waals surface area contributed by atoms with E-state index in [1.54, 1.807) is 7.11 Å². The van der Waals surface area contributed by atoms with E-state index in [1.165, 1.54) is 6.26 Å². The Balaban J connectivity index is 2.61. The molecule has 0 unspecified atom stereocenters. The molecule has 0 heterocycles. The van der Waals surface area contributed by atoms with Crippen molar-refractivity contribution in [1.82, 2.24) is 5.32 Å². The Kier molecular flexibility index (Phi) is 4.96. The van der Waals surface area contributed by atoms with Gasteiger partial charge >= 0.3 is 0 Å². The van der Waals surface area contributed by atoms with Crippen molar-refractivity contribution in [1.29, 1.82) is 0 Å². The number of hydrogen-bond acceptors (Lipinski definition) is 4. The van der Waals surface area contributed by atoms with E-state index in [0.29, 0.717) is 6.54 Å². The van der Waals surface area contributed by atoms with Gasteiger partial charge in [0.05, 0.1) is 12.9 Å². The summed E-state index contributed by atoms with van der Waals surface area (Å²) >= 11 is 0. The summed E-state index contributed by atoms with van der Waals surface area (Å²) in [5, 5.41) is 3.17. The molecule has 0 fully saturated rings. The first-order chi connectivity index (χ1) is 7.94. The second kappa shape index (κ2) is 6.02. The standard InChI is InChI=1S/C12H19NO3S/c1-10(13-8-9-17(3,14)15)11-6-4-5-7-12(11)16-2/h4-7,10,13H,8-9H2,1-3H3/t10-/m0/s1. The molecule has 0 aliphatic heterocycles. The fourth-order valence-electron chi connectivity index (χ4n) is 1.59. The third kappa shape index (κ3) is 4.75.